The van der Waals surface area contributed by atoms with Gasteiger partial charge in [0.25, 0.3) is 0 Å². The fourth-order valence-corrected chi connectivity index (χ4v) is 3.00. The molecule has 1 aliphatic heterocycles. The van der Waals surface area contributed by atoms with Crippen molar-refractivity contribution in [1.29, 1.82) is 0 Å². The molecule has 1 saturated heterocycles. The van der Waals surface area contributed by atoms with Crippen molar-refractivity contribution in [3.63, 3.8) is 0 Å². The van der Waals surface area contributed by atoms with Crippen LogP contribution in [0, 0.1) is 0 Å². The maximum atomic E-state index is 12.0. The van der Waals surface area contributed by atoms with Gasteiger partial charge in [0.2, 0.25) is 11.8 Å². The largest absolute Gasteiger partial charge is 0.387 e. The SMILES string of the molecule is O=C(CN1CCCCC1=O)NCC(O)c1ccc2ccccc2c1. The first kappa shape index (κ1) is 16.5. The third kappa shape index (κ3) is 3.92. The number of rotatable bonds is 5. The van der Waals surface area contributed by atoms with Gasteiger partial charge in [-0.15, -0.1) is 0 Å². The molecule has 1 aliphatic rings. The fourth-order valence-electron chi connectivity index (χ4n) is 3.00. The van der Waals surface area contributed by atoms with E-state index in [2.05, 4.69) is 5.32 Å². The van der Waals surface area contributed by atoms with E-state index in [1.807, 2.05) is 42.5 Å². The monoisotopic (exact) mass is 326 g/mol. The summed E-state index contributed by atoms with van der Waals surface area (Å²) >= 11 is 0. The molecule has 0 saturated carbocycles. The number of hydrogen-bond donors (Lipinski definition) is 2. The molecule has 2 aromatic carbocycles. The second kappa shape index (κ2) is 7.45. The molecule has 24 heavy (non-hydrogen) atoms. The number of nitrogens with one attached hydrogen (secondary N) is 1. The Morgan fingerprint density at radius 3 is 2.75 bits per heavy atom. The van der Waals surface area contributed by atoms with Gasteiger partial charge in [0.15, 0.2) is 0 Å². The lowest BCUT2D eigenvalue weighted by atomic mass is 10.0. The average Bonchev–Trinajstić information content (AvgIpc) is 2.61. The first-order chi connectivity index (χ1) is 11.6. The number of amides is 2. The van der Waals surface area contributed by atoms with Crippen LogP contribution >= 0.6 is 0 Å². The van der Waals surface area contributed by atoms with Gasteiger partial charge in [-0.25, -0.2) is 0 Å². The summed E-state index contributed by atoms with van der Waals surface area (Å²) in [5.74, 6) is -0.198. The van der Waals surface area contributed by atoms with Crippen molar-refractivity contribution in [2.45, 2.75) is 25.4 Å². The minimum atomic E-state index is -0.768. The number of benzene rings is 2. The van der Waals surface area contributed by atoms with Gasteiger partial charge in [0, 0.05) is 19.5 Å². The van der Waals surface area contributed by atoms with E-state index in [1.54, 1.807) is 4.90 Å². The van der Waals surface area contributed by atoms with Crippen molar-refractivity contribution in [3.8, 4) is 0 Å². The van der Waals surface area contributed by atoms with Gasteiger partial charge in [-0.05, 0) is 35.2 Å². The van der Waals surface area contributed by atoms with Crippen LogP contribution in [0.2, 0.25) is 0 Å². The summed E-state index contributed by atoms with van der Waals surface area (Å²) in [6.07, 6.45) is 1.60. The summed E-state index contributed by atoms with van der Waals surface area (Å²) in [6.45, 7) is 0.849. The van der Waals surface area contributed by atoms with Crippen LogP contribution in [0.25, 0.3) is 10.8 Å². The van der Waals surface area contributed by atoms with Gasteiger partial charge in [-0.2, -0.15) is 0 Å². The molecule has 5 nitrogen and oxygen atoms in total. The van der Waals surface area contributed by atoms with Crippen LogP contribution < -0.4 is 5.32 Å². The highest BCUT2D eigenvalue weighted by Crippen LogP contribution is 2.20. The van der Waals surface area contributed by atoms with E-state index in [1.165, 1.54) is 0 Å². The van der Waals surface area contributed by atoms with Gasteiger partial charge in [-0.3, -0.25) is 9.59 Å². The third-order valence-electron chi connectivity index (χ3n) is 4.41. The Bertz CT molecular complexity index is 744. The van der Waals surface area contributed by atoms with Gasteiger partial charge in [0.05, 0.1) is 12.6 Å². The van der Waals surface area contributed by atoms with E-state index < -0.39 is 6.10 Å². The van der Waals surface area contributed by atoms with Crippen LogP contribution in [0.15, 0.2) is 42.5 Å². The second-order valence-corrected chi connectivity index (χ2v) is 6.20. The number of hydrogen-bond acceptors (Lipinski definition) is 3. The molecule has 0 aliphatic carbocycles. The molecule has 1 atom stereocenters. The molecule has 0 aromatic heterocycles. The molecule has 1 fully saturated rings. The summed E-state index contributed by atoms with van der Waals surface area (Å²) in [6, 6.07) is 13.7. The summed E-state index contributed by atoms with van der Waals surface area (Å²) in [4.78, 5) is 25.3. The summed E-state index contributed by atoms with van der Waals surface area (Å²) < 4.78 is 0. The molecule has 1 heterocycles. The van der Waals surface area contributed by atoms with E-state index in [4.69, 9.17) is 0 Å². The molecular weight excluding hydrogens is 304 g/mol. The van der Waals surface area contributed by atoms with Crippen LogP contribution in [0.1, 0.15) is 30.9 Å². The molecule has 2 aromatic rings. The zero-order valence-electron chi connectivity index (χ0n) is 13.6. The van der Waals surface area contributed by atoms with Crippen LogP contribution in [-0.4, -0.2) is 41.5 Å². The number of aliphatic hydroxyl groups excluding tert-OH is 1. The standard InChI is InChI=1S/C19H22N2O3/c22-17(16-9-8-14-5-1-2-6-15(14)11-16)12-20-18(23)13-21-10-4-3-7-19(21)24/h1-2,5-6,8-9,11,17,22H,3-4,7,10,12-13H2,(H,20,23). The molecule has 1 unspecified atom stereocenters. The Balaban J connectivity index is 1.54. The van der Waals surface area contributed by atoms with Crippen molar-refractivity contribution in [1.82, 2.24) is 10.2 Å². The summed E-state index contributed by atoms with van der Waals surface area (Å²) in [7, 11) is 0. The quantitative estimate of drug-likeness (QED) is 0.883. The molecule has 0 bridgehead atoms. The molecule has 2 N–H and O–H groups in total. The number of likely N-dealkylation sites (tertiary alicyclic amines) is 1. The number of nitrogens with zero attached hydrogens (tertiary/aromatic N) is 1. The lowest BCUT2D eigenvalue weighted by molar-refractivity contribution is -0.137. The van der Waals surface area contributed by atoms with Gasteiger partial charge in [0.1, 0.15) is 0 Å². The lowest BCUT2D eigenvalue weighted by Gasteiger charge is -2.26. The van der Waals surface area contributed by atoms with Crippen molar-refractivity contribution < 1.29 is 14.7 Å². The lowest BCUT2D eigenvalue weighted by Crippen LogP contribution is -2.43. The molecule has 5 heteroatoms. The smallest absolute Gasteiger partial charge is 0.239 e. The maximum Gasteiger partial charge on any atom is 0.239 e. The molecule has 126 valence electrons. The molecule has 3 rings (SSSR count). The molecular formula is C19H22N2O3. The number of carbonyl (C=O) groups is 2. The average molecular weight is 326 g/mol. The summed E-state index contributed by atoms with van der Waals surface area (Å²) in [5, 5.41) is 15.2. The van der Waals surface area contributed by atoms with Crippen molar-refractivity contribution in [3.05, 3.63) is 48.0 Å². The van der Waals surface area contributed by atoms with Crippen LogP contribution in [0.4, 0.5) is 0 Å². The number of aliphatic hydroxyl groups is 1. The van der Waals surface area contributed by atoms with Crippen LogP contribution in [0.5, 0.6) is 0 Å². The van der Waals surface area contributed by atoms with E-state index in [9.17, 15) is 14.7 Å². The normalized spacial score (nSPS) is 16.2. The highest BCUT2D eigenvalue weighted by atomic mass is 16.3. The Morgan fingerprint density at radius 2 is 1.96 bits per heavy atom. The van der Waals surface area contributed by atoms with E-state index in [0.717, 1.165) is 29.2 Å². The van der Waals surface area contributed by atoms with Crippen molar-refractivity contribution in [2.24, 2.45) is 0 Å². The van der Waals surface area contributed by atoms with Crippen LogP contribution in [0.3, 0.4) is 0 Å². The number of piperidine rings is 1. The van der Waals surface area contributed by atoms with Crippen molar-refractivity contribution >= 4 is 22.6 Å². The molecule has 0 spiro atoms. The minimum absolute atomic E-state index is 0.0338. The van der Waals surface area contributed by atoms with E-state index in [-0.39, 0.29) is 24.9 Å². The molecule has 2 amide bonds. The number of fused-ring (bicyclic) bond motifs is 1. The Kier molecular flexibility index (Phi) is 5.11. The van der Waals surface area contributed by atoms with E-state index >= 15 is 0 Å². The second-order valence-electron chi connectivity index (χ2n) is 6.20. The molecule has 0 radical (unpaired) electrons. The zero-order valence-corrected chi connectivity index (χ0v) is 13.6. The Hall–Kier alpha value is -2.40. The highest BCUT2D eigenvalue weighted by Gasteiger charge is 2.20. The van der Waals surface area contributed by atoms with Gasteiger partial charge in [-0.1, -0.05) is 36.4 Å². The predicted molar refractivity (Wildman–Crippen MR) is 92.3 cm³/mol. The first-order valence-corrected chi connectivity index (χ1v) is 8.35. The maximum absolute atomic E-state index is 12.0. The van der Waals surface area contributed by atoms with E-state index in [0.29, 0.717) is 13.0 Å². The Morgan fingerprint density at radius 1 is 1.17 bits per heavy atom. The number of carbonyl (C=O) groups excluding carboxylic acids is 2. The Labute approximate surface area is 141 Å². The zero-order chi connectivity index (χ0) is 16.9. The fraction of sp³-hybridized carbons (Fsp3) is 0.368. The topological polar surface area (TPSA) is 69.6 Å². The van der Waals surface area contributed by atoms with Crippen molar-refractivity contribution in [2.75, 3.05) is 19.6 Å². The van der Waals surface area contributed by atoms with Crippen LogP contribution in [-0.2, 0) is 9.59 Å². The highest BCUT2D eigenvalue weighted by molar-refractivity contribution is 5.85. The van der Waals surface area contributed by atoms with Gasteiger partial charge >= 0.3 is 0 Å². The predicted octanol–water partition coefficient (Wildman–Crippen LogP) is 2.00. The first-order valence-electron chi connectivity index (χ1n) is 8.35. The summed E-state index contributed by atoms with van der Waals surface area (Å²) in [5.41, 5.74) is 0.767. The third-order valence-corrected chi connectivity index (χ3v) is 4.41. The minimum Gasteiger partial charge on any atom is -0.387 e. The van der Waals surface area contributed by atoms with Gasteiger partial charge < -0.3 is 15.3 Å².